The summed E-state index contributed by atoms with van der Waals surface area (Å²) < 4.78 is 7.01. The highest BCUT2D eigenvalue weighted by atomic mass is 35.5. The van der Waals surface area contributed by atoms with Gasteiger partial charge in [0, 0.05) is 28.9 Å². The summed E-state index contributed by atoms with van der Waals surface area (Å²) in [7, 11) is 0. The molecule has 0 saturated heterocycles. The number of esters is 1. The van der Waals surface area contributed by atoms with Gasteiger partial charge in [0.2, 0.25) is 0 Å². The molecule has 2 aromatic carbocycles. The molecule has 39 heavy (non-hydrogen) atoms. The standard InChI is InChI=1S/C28H26Cl2N6O3/c29-20-9-7-17(12-21(20)30)24-25(16-5-6-16)35-36-26(24)34-14-19(27(36)37)18-8-4-15(13-32)11-23(18)39-28(38)22(33)3-1-2-10-31/h4,7-9,11-12,14,16,22,35H,1-3,5-6,10,31,33H2/t22-/m1/s1. The molecule has 1 saturated carbocycles. The van der Waals surface area contributed by atoms with E-state index in [0.717, 1.165) is 36.1 Å². The number of fused-ring (bicyclic) bond motifs is 1. The number of aromatic nitrogens is 3. The summed E-state index contributed by atoms with van der Waals surface area (Å²) in [4.78, 5) is 31.2. The minimum Gasteiger partial charge on any atom is -0.425 e. The summed E-state index contributed by atoms with van der Waals surface area (Å²) in [5, 5.41) is 13.5. The first-order valence-corrected chi connectivity index (χ1v) is 13.4. The van der Waals surface area contributed by atoms with Crippen LogP contribution in [0.1, 0.15) is 49.3 Å². The molecular weight excluding hydrogens is 539 g/mol. The number of halogens is 2. The number of nitriles is 1. The Bertz CT molecular complexity index is 1670. The number of hydrogen-bond acceptors (Lipinski definition) is 7. The summed E-state index contributed by atoms with van der Waals surface area (Å²) in [6.45, 7) is 0.504. The third-order valence-electron chi connectivity index (χ3n) is 6.76. The fraction of sp³-hybridized carbons (Fsp3) is 0.286. The number of aromatic amines is 1. The molecule has 1 aliphatic carbocycles. The summed E-state index contributed by atoms with van der Waals surface area (Å²) in [5.41, 5.74) is 14.9. The normalized spacial score (nSPS) is 13.8. The molecule has 0 unspecified atom stereocenters. The SMILES string of the molecule is N#Cc1ccc(-c2cnc3c(-c4ccc(Cl)c(Cl)c4)c(C4CC4)[nH]n3c2=O)c(OC(=O)[C@H](N)CCCCN)c1. The van der Waals surface area contributed by atoms with Gasteiger partial charge in [-0.2, -0.15) is 5.26 Å². The van der Waals surface area contributed by atoms with Gasteiger partial charge in [0.05, 0.1) is 27.2 Å². The van der Waals surface area contributed by atoms with Gasteiger partial charge in [-0.1, -0.05) is 35.7 Å². The van der Waals surface area contributed by atoms with Gasteiger partial charge in [0.15, 0.2) is 5.65 Å². The molecule has 5 rings (SSSR count). The van der Waals surface area contributed by atoms with Crippen molar-refractivity contribution in [1.82, 2.24) is 14.6 Å². The smallest absolute Gasteiger partial charge is 0.328 e. The highest BCUT2D eigenvalue weighted by molar-refractivity contribution is 6.42. The molecule has 5 N–H and O–H groups in total. The van der Waals surface area contributed by atoms with Gasteiger partial charge in [-0.05, 0) is 68.1 Å². The summed E-state index contributed by atoms with van der Waals surface area (Å²) in [6.07, 6.45) is 5.25. The number of nitrogens with two attached hydrogens (primary N) is 2. The molecule has 1 atom stereocenters. The molecule has 200 valence electrons. The van der Waals surface area contributed by atoms with Crippen molar-refractivity contribution in [3.63, 3.8) is 0 Å². The lowest BCUT2D eigenvalue weighted by Crippen LogP contribution is -2.34. The predicted molar refractivity (Wildman–Crippen MR) is 150 cm³/mol. The van der Waals surface area contributed by atoms with Gasteiger partial charge in [-0.25, -0.2) is 14.3 Å². The molecule has 2 heterocycles. The van der Waals surface area contributed by atoms with Crippen molar-refractivity contribution in [2.45, 2.75) is 44.1 Å². The number of nitrogens with zero attached hydrogens (tertiary/aromatic N) is 3. The monoisotopic (exact) mass is 564 g/mol. The summed E-state index contributed by atoms with van der Waals surface area (Å²) >= 11 is 12.4. The number of unbranched alkanes of at least 4 members (excludes halogenated alkanes) is 1. The Morgan fingerprint density at radius 3 is 2.67 bits per heavy atom. The van der Waals surface area contributed by atoms with Gasteiger partial charge in [-0.15, -0.1) is 0 Å². The number of nitrogens with one attached hydrogen (secondary N) is 1. The molecule has 0 aliphatic heterocycles. The molecular formula is C28H26Cl2N6O3. The highest BCUT2D eigenvalue weighted by Gasteiger charge is 2.31. The van der Waals surface area contributed by atoms with Gasteiger partial charge in [-0.3, -0.25) is 9.89 Å². The van der Waals surface area contributed by atoms with E-state index in [1.54, 1.807) is 24.3 Å². The van der Waals surface area contributed by atoms with E-state index in [2.05, 4.69) is 10.1 Å². The van der Waals surface area contributed by atoms with E-state index in [4.69, 9.17) is 39.4 Å². The van der Waals surface area contributed by atoms with E-state index in [1.165, 1.54) is 16.8 Å². The Balaban J connectivity index is 1.59. The van der Waals surface area contributed by atoms with Gasteiger partial charge >= 0.3 is 5.97 Å². The molecule has 0 amide bonds. The predicted octanol–water partition coefficient (Wildman–Crippen LogP) is 4.77. The van der Waals surface area contributed by atoms with Crippen molar-refractivity contribution in [2.75, 3.05) is 6.54 Å². The highest BCUT2D eigenvalue weighted by Crippen LogP contribution is 2.45. The molecule has 0 spiro atoms. The van der Waals surface area contributed by atoms with Crippen LogP contribution in [-0.4, -0.2) is 33.2 Å². The lowest BCUT2D eigenvalue weighted by molar-refractivity contribution is -0.136. The van der Waals surface area contributed by atoms with Crippen LogP contribution >= 0.6 is 23.2 Å². The van der Waals surface area contributed by atoms with Crippen LogP contribution in [0, 0.1) is 11.3 Å². The molecule has 9 nitrogen and oxygen atoms in total. The lowest BCUT2D eigenvalue weighted by Gasteiger charge is -2.14. The minimum atomic E-state index is -0.866. The summed E-state index contributed by atoms with van der Waals surface area (Å²) in [5.74, 6) is -0.327. The number of carbonyl (C=O) groups excluding carboxylic acids is 1. The van der Waals surface area contributed by atoms with Crippen LogP contribution in [0.25, 0.3) is 27.9 Å². The van der Waals surface area contributed by atoms with Crippen molar-refractivity contribution in [2.24, 2.45) is 11.5 Å². The van der Waals surface area contributed by atoms with Gasteiger partial charge in [0.25, 0.3) is 5.56 Å². The van der Waals surface area contributed by atoms with Gasteiger partial charge in [0.1, 0.15) is 11.8 Å². The van der Waals surface area contributed by atoms with Crippen LogP contribution < -0.4 is 21.8 Å². The van der Waals surface area contributed by atoms with Crippen LogP contribution in [0.3, 0.4) is 0 Å². The van der Waals surface area contributed by atoms with Crippen molar-refractivity contribution in [1.29, 1.82) is 5.26 Å². The van der Waals surface area contributed by atoms with Gasteiger partial charge < -0.3 is 16.2 Å². The first-order chi connectivity index (χ1) is 18.8. The van der Waals surface area contributed by atoms with Crippen LogP contribution in [0.5, 0.6) is 5.75 Å². The topological polar surface area (TPSA) is 152 Å². The molecule has 0 bridgehead atoms. The zero-order valence-electron chi connectivity index (χ0n) is 20.9. The van der Waals surface area contributed by atoms with Crippen LogP contribution in [0.15, 0.2) is 47.4 Å². The largest absolute Gasteiger partial charge is 0.425 e. The fourth-order valence-electron chi connectivity index (χ4n) is 4.53. The second-order valence-electron chi connectivity index (χ2n) is 9.57. The van der Waals surface area contributed by atoms with E-state index in [9.17, 15) is 14.9 Å². The Labute approximate surface area is 234 Å². The van der Waals surface area contributed by atoms with E-state index in [-0.39, 0.29) is 28.4 Å². The molecule has 4 aromatic rings. The van der Waals surface area contributed by atoms with Crippen molar-refractivity contribution < 1.29 is 9.53 Å². The maximum atomic E-state index is 13.8. The van der Waals surface area contributed by atoms with E-state index < -0.39 is 12.0 Å². The average Bonchev–Trinajstić information content (AvgIpc) is 3.70. The third kappa shape index (κ3) is 5.42. The Morgan fingerprint density at radius 2 is 1.97 bits per heavy atom. The third-order valence-corrected chi connectivity index (χ3v) is 7.50. The maximum Gasteiger partial charge on any atom is 0.328 e. The second-order valence-corrected chi connectivity index (χ2v) is 10.4. The van der Waals surface area contributed by atoms with E-state index in [0.29, 0.717) is 40.6 Å². The zero-order valence-corrected chi connectivity index (χ0v) is 22.4. The van der Waals surface area contributed by atoms with E-state index >= 15 is 0 Å². The van der Waals surface area contributed by atoms with Crippen molar-refractivity contribution >= 4 is 34.8 Å². The van der Waals surface area contributed by atoms with Crippen molar-refractivity contribution in [3.8, 4) is 34.1 Å². The van der Waals surface area contributed by atoms with Crippen LogP contribution in [0.4, 0.5) is 0 Å². The minimum absolute atomic E-state index is 0.0610. The molecule has 1 fully saturated rings. The summed E-state index contributed by atoms with van der Waals surface area (Å²) in [6, 6.07) is 11.0. The number of rotatable bonds is 9. The number of H-pyrrole nitrogens is 1. The molecule has 2 aromatic heterocycles. The lowest BCUT2D eigenvalue weighted by atomic mass is 10.0. The second kappa shape index (κ2) is 11.2. The fourth-order valence-corrected chi connectivity index (χ4v) is 4.83. The van der Waals surface area contributed by atoms with Crippen LogP contribution in [-0.2, 0) is 4.79 Å². The Hall–Kier alpha value is -3.68. The Kier molecular flexibility index (Phi) is 7.73. The van der Waals surface area contributed by atoms with Crippen molar-refractivity contribution in [3.05, 3.63) is 74.3 Å². The molecule has 11 heteroatoms. The maximum absolute atomic E-state index is 13.8. The average molecular weight is 565 g/mol. The van der Waals surface area contributed by atoms with Crippen LogP contribution in [0.2, 0.25) is 10.0 Å². The first kappa shape index (κ1) is 26.9. The number of benzene rings is 2. The Morgan fingerprint density at radius 1 is 1.18 bits per heavy atom. The molecule has 0 radical (unpaired) electrons. The zero-order chi connectivity index (χ0) is 27.7. The first-order valence-electron chi connectivity index (χ1n) is 12.6. The quantitative estimate of drug-likeness (QED) is 0.150. The molecule has 1 aliphatic rings. The van der Waals surface area contributed by atoms with E-state index in [1.807, 2.05) is 12.1 Å². The number of ether oxygens (including phenoxy) is 1. The number of carbonyl (C=O) groups is 1. The number of hydrogen-bond donors (Lipinski definition) is 3.